The summed E-state index contributed by atoms with van der Waals surface area (Å²) in [5.41, 5.74) is 5.24. The second kappa shape index (κ2) is 8.78. The largest absolute Gasteiger partial charge is 0.480 e. The van der Waals surface area contributed by atoms with Crippen molar-refractivity contribution in [2.75, 3.05) is 27.3 Å². The van der Waals surface area contributed by atoms with Crippen LogP contribution in [-0.4, -0.2) is 55.5 Å². The Labute approximate surface area is 112 Å². The summed E-state index contributed by atoms with van der Waals surface area (Å²) in [6, 6.07) is 0. The number of rotatable bonds is 7. The number of amidine groups is 1. The van der Waals surface area contributed by atoms with Crippen LogP contribution in [0.25, 0.3) is 0 Å². The van der Waals surface area contributed by atoms with Crippen molar-refractivity contribution in [1.29, 1.82) is 0 Å². The standard InChI is InChI=1S/C11H20N4O4/c1-5-18-10(16)8(11(17)19-6-2)9(12)14-13-7-15(3)4/h7,16H,5-6H2,1-4H3,(H2,12,14)/b10-8-,13-7+. The number of aliphatic hydroxyl groups is 1. The molecule has 0 rings (SSSR count). The van der Waals surface area contributed by atoms with Gasteiger partial charge < -0.3 is 25.2 Å². The molecule has 0 saturated carbocycles. The normalized spacial score (nSPS) is 13.2. The van der Waals surface area contributed by atoms with Crippen molar-refractivity contribution >= 4 is 18.1 Å². The van der Waals surface area contributed by atoms with E-state index in [9.17, 15) is 9.90 Å². The molecule has 0 bridgehead atoms. The lowest BCUT2D eigenvalue weighted by Crippen LogP contribution is -2.25. The van der Waals surface area contributed by atoms with Gasteiger partial charge in [0.25, 0.3) is 5.95 Å². The number of hydrogen-bond donors (Lipinski definition) is 2. The van der Waals surface area contributed by atoms with E-state index < -0.39 is 11.9 Å². The topological polar surface area (TPSA) is 110 Å². The molecule has 0 aliphatic rings. The van der Waals surface area contributed by atoms with Crippen molar-refractivity contribution in [3.05, 3.63) is 11.5 Å². The number of esters is 1. The molecule has 108 valence electrons. The van der Waals surface area contributed by atoms with Crippen LogP contribution in [0.5, 0.6) is 0 Å². The highest BCUT2D eigenvalue weighted by Crippen LogP contribution is 2.07. The summed E-state index contributed by atoms with van der Waals surface area (Å²) >= 11 is 0. The number of carbonyl (C=O) groups is 1. The van der Waals surface area contributed by atoms with E-state index in [0.717, 1.165) is 0 Å². The Morgan fingerprint density at radius 2 is 1.89 bits per heavy atom. The third-order valence-electron chi connectivity index (χ3n) is 1.68. The minimum Gasteiger partial charge on any atom is -0.480 e. The molecule has 19 heavy (non-hydrogen) atoms. The predicted octanol–water partition coefficient (Wildman–Crippen LogP) is 0.218. The Kier molecular flexibility index (Phi) is 7.74. The van der Waals surface area contributed by atoms with Gasteiger partial charge in [-0.25, -0.2) is 4.79 Å². The molecular weight excluding hydrogens is 252 g/mol. The molecule has 0 fully saturated rings. The van der Waals surface area contributed by atoms with Crippen molar-refractivity contribution in [3.63, 3.8) is 0 Å². The van der Waals surface area contributed by atoms with Gasteiger partial charge in [0.05, 0.1) is 13.2 Å². The van der Waals surface area contributed by atoms with Gasteiger partial charge in [-0.2, -0.15) is 0 Å². The third kappa shape index (κ3) is 6.29. The SMILES string of the molecule is CCOC(=O)C(/C(N)=N/N=C/N(C)C)=C(/O)OCC. The highest BCUT2D eigenvalue weighted by Gasteiger charge is 2.22. The molecule has 0 spiro atoms. The van der Waals surface area contributed by atoms with E-state index in [1.807, 2.05) is 0 Å². The molecule has 3 N–H and O–H groups in total. The first-order chi connectivity index (χ1) is 8.93. The minimum absolute atomic E-state index is 0.135. The van der Waals surface area contributed by atoms with E-state index in [1.54, 1.807) is 32.8 Å². The molecule has 0 unspecified atom stereocenters. The molecule has 0 heterocycles. The smallest absolute Gasteiger partial charge is 0.349 e. The number of nitrogens with two attached hydrogens (primary N) is 1. The second-order valence-electron chi connectivity index (χ2n) is 3.51. The van der Waals surface area contributed by atoms with Crippen LogP contribution in [0.3, 0.4) is 0 Å². The number of hydrogen-bond acceptors (Lipinski definition) is 6. The zero-order valence-electron chi connectivity index (χ0n) is 11.6. The van der Waals surface area contributed by atoms with Crippen LogP contribution in [-0.2, 0) is 14.3 Å². The molecule has 0 aromatic rings. The molecular formula is C11H20N4O4. The van der Waals surface area contributed by atoms with Crippen molar-refractivity contribution in [2.45, 2.75) is 13.8 Å². The monoisotopic (exact) mass is 272 g/mol. The Morgan fingerprint density at radius 3 is 2.37 bits per heavy atom. The maximum absolute atomic E-state index is 11.7. The summed E-state index contributed by atoms with van der Waals surface area (Å²) in [4.78, 5) is 13.3. The van der Waals surface area contributed by atoms with E-state index in [0.29, 0.717) is 0 Å². The fraction of sp³-hybridized carbons (Fsp3) is 0.545. The van der Waals surface area contributed by atoms with Crippen LogP contribution in [0.2, 0.25) is 0 Å². The number of ether oxygens (including phenoxy) is 2. The van der Waals surface area contributed by atoms with E-state index in [-0.39, 0.29) is 24.6 Å². The summed E-state index contributed by atoms with van der Waals surface area (Å²) < 4.78 is 9.59. The molecule has 0 aliphatic carbocycles. The lowest BCUT2D eigenvalue weighted by atomic mass is 10.2. The van der Waals surface area contributed by atoms with E-state index in [4.69, 9.17) is 15.2 Å². The Morgan fingerprint density at radius 1 is 1.32 bits per heavy atom. The average molecular weight is 272 g/mol. The molecule has 0 saturated heterocycles. The molecule has 0 amide bonds. The summed E-state index contributed by atoms with van der Waals surface area (Å²) in [7, 11) is 3.49. The van der Waals surface area contributed by atoms with Gasteiger partial charge in [0.15, 0.2) is 11.4 Å². The minimum atomic E-state index is -0.824. The molecule has 0 aliphatic heterocycles. The van der Waals surface area contributed by atoms with Gasteiger partial charge in [-0.3, -0.25) is 0 Å². The van der Waals surface area contributed by atoms with Gasteiger partial charge in [-0.1, -0.05) is 0 Å². The van der Waals surface area contributed by atoms with Crippen molar-refractivity contribution < 1.29 is 19.4 Å². The molecule has 0 atom stereocenters. The quantitative estimate of drug-likeness (QED) is 0.171. The maximum Gasteiger partial charge on any atom is 0.349 e. The van der Waals surface area contributed by atoms with Crippen molar-refractivity contribution in [1.82, 2.24) is 4.90 Å². The Balaban J connectivity index is 5.25. The van der Waals surface area contributed by atoms with Gasteiger partial charge in [0, 0.05) is 14.1 Å². The van der Waals surface area contributed by atoms with Crippen LogP contribution >= 0.6 is 0 Å². The van der Waals surface area contributed by atoms with Crippen LogP contribution < -0.4 is 5.73 Å². The van der Waals surface area contributed by atoms with Crippen LogP contribution in [0.15, 0.2) is 21.7 Å². The van der Waals surface area contributed by atoms with Gasteiger partial charge >= 0.3 is 5.97 Å². The molecule has 8 heteroatoms. The lowest BCUT2D eigenvalue weighted by molar-refractivity contribution is -0.138. The van der Waals surface area contributed by atoms with Gasteiger partial charge in [-0.05, 0) is 13.8 Å². The Bertz CT molecular complexity index is 388. The van der Waals surface area contributed by atoms with Gasteiger partial charge in [0.2, 0.25) is 0 Å². The summed E-state index contributed by atoms with van der Waals surface area (Å²) in [5, 5.41) is 16.8. The number of nitrogens with zero attached hydrogens (tertiary/aromatic N) is 3. The summed E-state index contributed by atoms with van der Waals surface area (Å²) in [5.74, 6) is -1.75. The highest BCUT2D eigenvalue weighted by molar-refractivity contribution is 6.18. The first kappa shape index (κ1) is 16.8. The number of carbonyl (C=O) groups excluding carboxylic acids is 1. The molecule has 0 aromatic heterocycles. The summed E-state index contributed by atoms with van der Waals surface area (Å²) in [6.45, 7) is 3.58. The third-order valence-corrected chi connectivity index (χ3v) is 1.68. The zero-order valence-corrected chi connectivity index (χ0v) is 11.6. The average Bonchev–Trinajstić information content (AvgIpc) is 2.29. The van der Waals surface area contributed by atoms with Crippen LogP contribution in [0.4, 0.5) is 0 Å². The molecule has 0 radical (unpaired) electrons. The molecule has 0 aromatic carbocycles. The van der Waals surface area contributed by atoms with Gasteiger partial charge in [-0.15, -0.1) is 10.2 Å². The van der Waals surface area contributed by atoms with E-state index in [2.05, 4.69) is 10.2 Å². The molecule has 8 nitrogen and oxygen atoms in total. The number of aliphatic hydroxyl groups excluding tert-OH is 1. The van der Waals surface area contributed by atoms with Gasteiger partial charge in [0.1, 0.15) is 6.34 Å². The fourth-order valence-electron chi connectivity index (χ4n) is 0.955. The fourth-order valence-corrected chi connectivity index (χ4v) is 0.955. The predicted molar refractivity (Wildman–Crippen MR) is 71.7 cm³/mol. The van der Waals surface area contributed by atoms with Crippen LogP contribution in [0, 0.1) is 0 Å². The van der Waals surface area contributed by atoms with E-state index >= 15 is 0 Å². The highest BCUT2D eigenvalue weighted by atomic mass is 16.6. The Hall–Kier alpha value is -2.25. The lowest BCUT2D eigenvalue weighted by Gasteiger charge is -2.08. The first-order valence-corrected chi connectivity index (χ1v) is 5.70. The summed E-state index contributed by atoms with van der Waals surface area (Å²) in [6.07, 6.45) is 1.38. The van der Waals surface area contributed by atoms with Crippen molar-refractivity contribution in [3.8, 4) is 0 Å². The second-order valence-corrected chi connectivity index (χ2v) is 3.51. The van der Waals surface area contributed by atoms with Crippen molar-refractivity contribution in [2.24, 2.45) is 15.9 Å². The van der Waals surface area contributed by atoms with Crippen LogP contribution in [0.1, 0.15) is 13.8 Å². The maximum atomic E-state index is 11.7. The zero-order chi connectivity index (χ0) is 14.8. The first-order valence-electron chi connectivity index (χ1n) is 5.70. The van der Waals surface area contributed by atoms with E-state index in [1.165, 1.54) is 6.34 Å².